The predicted octanol–water partition coefficient (Wildman–Crippen LogP) is 3.82. The highest BCUT2D eigenvalue weighted by Gasteiger charge is 2.13. The number of nitrogens with zero attached hydrogens (tertiary/aromatic N) is 1. The Morgan fingerprint density at radius 2 is 2.12 bits per heavy atom. The van der Waals surface area contributed by atoms with Gasteiger partial charge in [0.25, 0.3) is 5.12 Å². The van der Waals surface area contributed by atoms with Gasteiger partial charge in [-0.25, -0.2) is 4.98 Å². The summed E-state index contributed by atoms with van der Waals surface area (Å²) >= 11 is 2.61. The van der Waals surface area contributed by atoms with Gasteiger partial charge in [-0.15, -0.1) is 11.3 Å². The molecule has 3 aromatic rings. The third-order valence-corrected chi connectivity index (χ3v) is 4.16. The molecule has 0 bridgehead atoms. The molecular formula is C12H7NO2S2. The zero-order valence-corrected chi connectivity index (χ0v) is 10.3. The Labute approximate surface area is 105 Å². The average Bonchev–Trinajstić information content (AvgIpc) is 2.97. The van der Waals surface area contributed by atoms with E-state index in [0.29, 0.717) is 5.76 Å². The van der Waals surface area contributed by atoms with Crippen LogP contribution < -0.4 is 0 Å². The molecule has 17 heavy (non-hydrogen) atoms. The number of para-hydroxylation sites is 1. The molecule has 5 heteroatoms. The number of rotatable bonds is 2. The van der Waals surface area contributed by atoms with E-state index in [1.807, 2.05) is 24.3 Å². The molecule has 0 fully saturated rings. The van der Waals surface area contributed by atoms with E-state index < -0.39 is 0 Å². The topological polar surface area (TPSA) is 43.1 Å². The minimum absolute atomic E-state index is 0.117. The molecule has 2 aromatic heterocycles. The van der Waals surface area contributed by atoms with Gasteiger partial charge in [0, 0.05) is 0 Å². The van der Waals surface area contributed by atoms with E-state index in [0.717, 1.165) is 26.3 Å². The molecule has 0 atom stereocenters. The first-order valence-corrected chi connectivity index (χ1v) is 6.57. The van der Waals surface area contributed by atoms with Crippen molar-refractivity contribution in [3.63, 3.8) is 0 Å². The lowest BCUT2D eigenvalue weighted by Gasteiger charge is -1.91. The molecule has 0 aliphatic carbocycles. The van der Waals surface area contributed by atoms with Gasteiger partial charge < -0.3 is 4.42 Å². The fourth-order valence-electron chi connectivity index (χ4n) is 1.42. The summed E-state index contributed by atoms with van der Waals surface area (Å²) in [5, 5.41) is -0.117. The standard InChI is InChI=1S/C12H7NO2S2/c14-11(9-5-3-7-15-9)17-12-13-8-4-1-2-6-10(8)16-12/h1-7H. The molecule has 0 aliphatic rings. The Balaban J connectivity index is 1.88. The maximum absolute atomic E-state index is 11.8. The van der Waals surface area contributed by atoms with Crippen LogP contribution in [0.4, 0.5) is 0 Å². The summed E-state index contributed by atoms with van der Waals surface area (Å²) in [6.07, 6.45) is 1.49. The highest BCUT2D eigenvalue weighted by molar-refractivity contribution is 8.15. The van der Waals surface area contributed by atoms with Crippen LogP contribution >= 0.6 is 23.1 Å². The van der Waals surface area contributed by atoms with E-state index in [4.69, 9.17) is 4.42 Å². The minimum atomic E-state index is -0.117. The van der Waals surface area contributed by atoms with Gasteiger partial charge in [0.2, 0.25) is 0 Å². The Morgan fingerprint density at radius 3 is 2.88 bits per heavy atom. The van der Waals surface area contributed by atoms with Crippen LogP contribution in [0.25, 0.3) is 10.2 Å². The van der Waals surface area contributed by atoms with Gasteiger partial charge in [0.1, 0.15) is 0 Å². The van der Waals surface area contributed by atoms with E-state index in [2.05, 4.69) is 4.98 Å². The number of thioether (sulfide) groups is 1. The number of carbonyl (C=O) groups is 1. The summed E-state index contributed by atoms with van der Waals surface area (Å²) in [7, 11) is 0. The Hall–Kier alpha value is -1.59. The fourth-order valence-corrected chi connectivity index (χ4v) is 3.30. The predicted molar refractivity (Wildman–Crippen MR) is 68.5 cm³/mol. The van der Waals surface area contributed by atoms with Crippen LogP contribution in [-0.4, -0.2) is 10.1 Å². The molecule has 0 aliphatic heterocycles. The van der Waals surface area contributed by atoms with Crippen molar-refractivity contribution in [2.45, 2.75) is 4.34 Å². The number of hydrogen-bond acceptors (Lipinski definition) is 5. The molecule has 3 rings (SSSR count). The maximum Gasteiger partial charge on any atom is 0.261 e. The quantitative estimate of drug-likeness (QED) is 0.658. The minimum Gasteiger partial charge on any atom is -0.460 e. The van der Waals surface area contributed by atoms with Crippen molar-refractivity contribution >= 4 is 38.4 Å². The average molecular weight is 261 g/mol. The molecule has 2 heterocycles. The van der Waals surface area contributed by atoms with Crippen LogP contribution in [-0.2, 0) is 0 Å². The van der Waals surface area contributed by atoms with Crippen molar-refractivity contribution in [3.8, 4) is 0 Å². The highest BCUT2D eigenvalue weighted by atomic mass is 32.2. The SMILES string of the molecule is O=C(Sc1nc2ccccc2s1)c1ccco1. The molecule has 3 nitrogen and oxygen atoms in total. The van der Waals surface area contributed by atoms with Crippen LogP contribution in [0.2, 0.25) is 0 Å². The van der Waals surface area contributed by atoms with Crippen molar-refractivity contribution in [1.82, 2.24) is 4.98 Å². The third-order valence-electron chi connectivity index (χ3n) is 2.18. The summed E-state index contributed by atoms with van der Waals surface area (Å²) in [5.74, 6) is 0.356. The van der Waals surface area contributed by atoms with Crippen molar-refractivity contribution < 1.29 is 9.21 Å². The Bertz CT molecular complexity index is 625. The van der Waals surface area contributed by atoms with Crippen LogP contribution in [0.1, 0.15) is 10.6 Å². The second-order valence-corrected chi connectivity index (χ2v) is 5.56. The zero-order valence-electron chi connectivity index (χ0n) is 8.62. The summed E-state index contributed by atoms with van der Waals surface area (Å²) in [6.45, 7) is 0. The molecule has 0 spiro atoms. The van der Waals surface area contributed by atoms with Gasteiger partial charge in [-0.3, -0.25) is 4.79 Å². The molecule has 0 saturated carbocycles. The molecule has 0 N–H and O–H groups in total. The normalized spacial score (nSPS) is 10.8. The van der Waals surface area contributed by atoms with E-state index in [1.54, 1.807) is 12.1 Å². The lowest BCUT2D eigenvalue weighted by atomic mass is 10.3. The number of furan rings is 1. The second-order valence-electron chi connectivity index (χ2n) is 3.31. The van der Waals surface area contributed by atoms with Crippen LogP contribution in [0.3, 0.4) is 0 Å². The number of aromatic nitrogens is 1. The third kappa shape index (κ3) is 2.11. The summed E-state index contributed by atoms with van der Waals surface area (Å²) in [5.41, 5.74) is 0.923. The number of benzene rings is 1. The molecule has 1 aromatic carbocycles. The Kier molecular flexibility index (Phi) is 2.70. The van der Waals surface area contributed by atoms with E-state index in [1.165, 1.54) is 17.6 Å². The first kappa shape index (κ1) is 10.6. The van der Waals surface area contributed by atoms with Crippen LogP contribution in [0.5, 0.6) is 0 Å². The largest absolute Gasteiger partial charge is 0.460 e. The molecule has 0 amide bonds. The second kappa shape index (κ2) is 4.35. The molecule has 0 unspecified atom stereocenters. The zero-order chi connectivity index (χ0) is 11.7. The summed E-state index contributed by atoms with van der Waals surface area (Å²) in [4.78, 5) is 16.2. The summed E-state index contributed by atoms with van der Waals surface area (Å²) < 4.78 is 6.88. The number of fused-ring (bicyclic) bond motifs is 1. The number of thiazole rings is 1. The lowest BCUT2D eigenvalue weighted by molar-refractivity contribution is 0.106. The number of carbonyl (C=O) groups excluding carboxylic acids is 1. The Morgan fingerprint density at radius 1 is 1.24 bits per heavy atom. The highest BCUT2D eigenvalue weighted by Crippen LogP contribution is 2.31. The van der Waals surface area contributed by atoms with Crippen molar-refractivity contribution in [1.29, 1.82) is 0 Å². The van der Waals surface area contributed by atoms with Gasteiger partial charge in [0.05, 0.1) is 16.5 Å². The monoisotopic (exact) mass is 261 g/mol. The van der Waals surface area contributed by atoms with Crippen molar-refractivity contribution in [2.75, 3.05) is 0 Å². The lowest BCUT2D eigenvalue weighted by Crippen LogP contribution is -1.88. The van der Waals surface area contributed by atoms with E-state index in [9.17, 15) is 4.79 Å². The van der Waals surface area contributed by atoms with E-state index in [-0.39, 0.29) is 5.12 Å². The molecule has 0 radical (unpaired) electrons. The van der Waals surface area contributed by atoms with Gasteiger partial charge in [-0.1, -0.05) is 12.1 Å². The van der Waals surface area contributed by atoms with Crippen molar-refractivity contribution in [2.24, 2.45) is 0 Å². The summed E-state index contributed by atoms with van der Waals surface area (Å²) in [6, 6.07) is 11.2. The van der Waals surface area contributed by atoms with Crippen molar-refractivity contribution in [3.05, 3.63) is 48.4 Å². The van der Waals surface area contributed by atoms with Gasteiger partial charge in [-0.2, -0.15) is 0 Å². The maximum atomic E-state index is 11.8. The number of hydrogen-bond donors (Lipinski definition) is 0. The molecular weight excluding hydrogens is 254 g/mol. The first-order chi connectivity index (χ1) is 8.33. The van der Waals surface area contributed by atoms with Crippen LogP contribution in [0, 0.1) is 0 Å². The fraction of sp³-hybridized carbons (Fsp3) is 0. The smallest absolute Gasteiger partial charge is 0.261 e. The van der Waals surface area contributed by atoms with Gasteiger partial charge >= 0.3 is 0 Å². The van der Waals surface area contributed by atoms with Gasteiger partial charge in [0.15, 0.2) is 10.1 Å². The van der Waals surface area contributed by atoms with Gasteiger partial charge in [-0.05, 0) is 36.0 Å². The van der Waals surface area contributed by atoms with Crippen LogP contribution in [0.15, 0.2) is 51.4 Å². The molecule has 84 valence electrons. The van der Waals surface area contributed by atoms with E-state index >= 15 is 0 Å². The first-order valence-electron chi connectivity index (χ1n) is 4.94. The molecule has 0 saturated heterocycles.